The van der Waals surface area contributed by atoms with Gasteiger partial charge in [-0.3, -0.25) is 5.41 Å². The summed E-state index contributed by atoms with van der Waals surface area (Å²) in [5.41, 5.74) is 16.4. The van der Waals surface area contributed by atoms with Crippen molar-refractivity contribution in [2.45, 2.75) is 5.75 Å². The number of aromatic nitrogens is 1. The molecule has 0 spiro atoms. The summed E-state index contributed by atoms with van der Waals surface area (Å²) >= 11 is 2.56. The van der Waals surface area contributed by atoms with Gasteiger partial charge in [-0.15, -0.1) is 23.7 Å². The van der Waals surface area contributed by atoms with Crippen molar-refractivity contribution in [1.29, 1.82) is 5.41 Å². The van der Waals surface area contributed by atoms with Crippen molar-refractivity contribution in [3.8, 4) is 0 Å². The number of rotatable bonds is 3. The molecule has 15 heavy (non-hydrogen) atoms. The zero-order valence-corrected chi connectivity index (χ0v) is 10.1. The van der Waals surface area contributed by atoms with Crippen molar-refractivity contribution in [3.63, 3.8) is 0 Å². The molecule has 0 aliphatic heterocycles. The number of nitrogens with two attached hydrogens (primary N) is 3. The highest BCUT2D eigenvalue weighted by Gasteiger charge is 2.01. The van der Waals surface area contributed by atoms with Crippen molar-refractivity contribution in [1.82, 2.24) is 4.98 Å². The topological polar surface area (TPSA) is 127 Å². The molecule has 0 bridgehead atoms. The van der Waals surface area contributed by atoms with Crippen LogP contribution in [0.3, 0.4) is 0 Å². The van der Waals surface area contributed by atoms with Gasteiger partial charge in [0, 0.05) is 11.1 Å². The van der Waals surface area contributed by atoms with Gasteiger partial charge in [0.1, 0.15) is 0 Å². The summed E-state index contributed by atoms with van der Waals surface area (Å²) in [4.78, 5) is 7.91. The lowest BCUT2D eigenvalue weighted by atomic mass is 10.6. The molecule has 1 rings (SSSR count). The maximum Gasteiger partial charge on any atom is 0.212 e. The largest absolute Gasteiger partial charge is 0.379 e. The highest BCUT2D eigenvalue weighted by molar-refractivity contribution is 8.13. The van der Waals surface area contributed by atoms with Crippen LogP contribution in [-0.2, 0) is 5.75 Å². The summed E-state index contributed by atoms with van der Waals surface area (Å²) < 4.78 is 0. The van der Waals surface area contributed by atoms with Crippen molar-refractivity contribution >= 4 is 51.8 Å². The lowest BCUT2D eigenvalue weighted by Gasteiger charge is -1.93. The Balaban J connectivity index is 0.00000196. The number of nitrogens with one attached hydrogen (secondary N) is 1. The molecule has 84 valence electrons. The van der Waals surface area contributed by atoms with Gasteiger partial charge in [-0.2, -0.15) is 4.99 Å². The quantitative estimate of drug-likeness (QED) is 0.470. The predicted octanol–water partition coefficient (Wildman–Crippen LogP) is 0.596. The fourth-order valence-corrected chi connectivity index (χ4v) is 1.94. The van der Waals surface area contributed by atoms with Gasteiger partial charge in [0.2, 0.25) is 5.13 Å². The standard InChI is InChI=1S/C6H10N6S2.ClH/c7-4(8)12-6-11-3(2-14-6)1-13-5(9)10;/h2H,1H2,(H3,9,10)(H4,7,8,11,12);1H. The van der Waals surface area contributed by atoms with Crippen LogP contribution in [-0.4, -0.2) is 16.1 Å². The van der Waals surface area contributed by atoms with Crippen molar-refractivity contribution in [3.05, 3.63) is 11.1 Å². The van der Waals surface area contributed by atoms with Gasteiger partial charge in [0.05, 0.1) is 5.69 Å². The van der Waals surface area contributed by atoms with E-state index in [0.717, 1.165) is 5.69 Å². The van der Waals surface area contributed by atoms with Crippen molar-refractivity contribution < 1.29 is 0 Å². The Morgan fingerprint density at radius 2 is 2.20 bits per heavy atom. The van der Waals surface area contributed by atoms with E-state index in [-0.39, 0.29) is 23.5 Å². The number of hydrogen-bond donors (Lipinski definition) is 4. The molecular weight excluding hydrogens is 256 g/mol. The van der Waals surface area contributed by atoms with Gasteiger partial charge in [-0.05, 0) is 0 Å². The van der Waals surface area contributed by atoms with Crippen molar-refractivity contribution in [2.24, 2.45) is 22.2 Å². The zero-order valence-electron chi connectivity index (χ0n) is 7.64. The summed E-state index contributed by atoms with van der Waals surface area (Å²) in [5, 5.41) is 9.43. The van der Waals surface area contributed by atoms with Crippen LogP contribution in [0.1, 0.15) is 5.69 Å². The average molecular weight is 267 g/mol. The third-order valence-electron chi connectivity index (χ3n) is 1.14. The number of halogens is 1. The third-order valence-corrected chi connectivity index (χ3v) is 2.67. The summed E-state index contributed by atoms with van der Waals surface area (Å²) in [6.07, 6.45) is 0. The molecule has 0 saturated heterocycles. The van der Waals surface area contributed by atoms with E-state index in [9.17, 15) is 0 Å². The lowest BCUT2D eigenvalue weighted by Crippen LogP contribution is -2.21. The maximum absolute atomic E-state index is 7.01. The molecular formula is C6H11ClN6S2. The first kappa shape index (κ1) is 14.0. The van der Waals surface area contributed by atoms with Crippen LogP contribution in [0.2, 0.25) is 0 Å². The normalized spacial score (nSPS) is 9.07. The first-order valence-corrected chi connectivity index (χ1v) is 5.45. The number of nitrogens with zero attached hydrogens (tertiary/aromatic N) is 2. The molecule has 0 fully saturated rings. The van der Waals surface area contributed by atoms with Crippen LogP contribution in [0, 0.1) is 5.41 Å². The summed E-state index contributed by atoms with van der Waals surface area (Å²) in [5.74, 6) is 0.552. The molecule has 9 heteroatoms. The van der Waals surface area contributed by atoms with E-state index in [0.29, 0.717) is 10.9 Å². The average Bonchev–Trinajstić information content (AvgIpc) is 2.47. The van der Waals surface area contributed by atoms with Gasteiger partial charge >= 0.3 is 0 Å². The maximum atomic E-state index is 7.01. The lowest BCUT2D eigenvalue weighted by molar-refractivity contribution is 1.21. The van der Waals surface area contributed by atoms with Gasteiger partial charge in [0.25, 0.3) is 0 Å². The van der Waals surface area contributed by atoms with Crippen LogP contribution < -0.4 is 17.2 Å². The van der Waals surface area contributed by atoms with E-state index in [2.05, 4.69) is 9.98 Å². The molecule has 1 heterocycles. The van der Waals surface area contributed by atoms with Crippen molar-refractivity contribution in [2.75, 3.05) is 0 Å². The van der Waals surface area contributed by atoms with Gasteiger partial charge < -0.3 is 17.2 Å². The highest BCUT2D eigenvalue weighted by Crippen LogP contribution is 2.21. The predicted molar refractivity (Wildman–Crippen MR) is 68.0 cm³/mol. The van der Waals surface area contributed by atoms with E-state index in [1.807, 2.05) is 5.38 Å². The second-order valence-corrected chi connectivity index (χ2v) is 4.16. The fraction of sp³-hybridized carbons (Fsp3) is 0.167. The number of guanidine groups is 1. The minimum absolute atomic E-state index is 0. The molecule has 7 N–H and O–H groups in total. The van der Waals surface area contributed by atoms with E-state index in [1.165, 1.54) is 23.1 Å². The van der Waals surface area contributed by atoms with Crippen LogP contribution >= 0.6 is 35.5 Å². The Labute approximate surface area is 101 Å². The number of thiazole rings is 1. The van der Waals surface area contributed by atoms with Gasteiger partial charge in [0.15, 0.2) is 11.1 Å². The molecule has 1 aromatic rings. The van der Waals surface area contributed by atoms with Gasteiger partial charge in [-0.25, -0.2) is 4.98 Å². The van der Waals surface area contributed by atoms with Crippen LogP contribution in [0.15, 0.2) is 10.4 Å². The highest BCUT2D eigenvalue weighted by atomic mass is 35.5. The van der Waals surface area contributed by atoms with Crippen LogP contribution in [0.5, 0.6) is 0 Å². The van der Waals surface area contributed by atoms with Gasteiger partial charge in [-0.1, -0.05) is 11.8 Å². The Morgan fingerprint density at radius 3 is 2.73 bits per heavy atom. The zero-order chi connectivity index (χ0) is 10.6. The Morgan fingerprint density at radius 1 is 1.53 bits per heavy atom. The number of aliphatic imine (C=N–C) groups is 1. The monoisotopic (exact) mass is 266 g/mol. The smallest absolute Gasteiger partial charge is 0.212 e. The van der Waals surface area contributed by atoms with E-state index >= 15 is 0 Å². The number of amidine groups is 1. The fourth-order valence-electron chi connectivity index (χ4n) is 0.676. The van der Waals surface area contributed by atoms with Crippen LogP contribution in [0.25, 0.3) is 0 Å². The number of thioether (sulfide) groups is 1. The minimum Gasteiger partial charge on any atom is -0.379 e. The minimum atomic E-state index is -0.00915. The van der Waals surface area contributed by atoms with E-state index in [1.54, 1.807) is 0 Å². The SMILES string of the molecule is Cl.N=C(N)SCc1csc(N=C(N)N)n1. The second-order valence-electron chi connectivity index (χ2n) is 2.31. The Hall–Kier alpha value is -0.990. The molecule has 0 unspecified atom stereocenters. The molecule has 0 aliphatic carbocycles. The molecule has 0 aromatic carbocycles. The summed E-state index contributed by atoms with van der Waals surface area (Å²) in [7, 11) is 0. The van der Waals surface area contributed by atoms with Crippen LogP contribution in [0.4, 0.5) is 5.13 Å². The molecule has 0 saturated carbocycles. The second kappa shape index (κ2) is 6.49. The molecule has 0 aliphatic rings. The Kier molecular flexibility index (Phi) is 6.06. The Bertz CT molecular complexity index is 358. The third kappa shape index (κ3) is 5.45. The molecule has 0 radical (unpaired) electrons. The molecule has 0 atom stereocenters. The molecule has 1 aromatic heterocycles. The number of hydrogen-bond acceptors (Lipinski definition) is 5. The van der Waals surface area contributed by atoms with E-state index < -0.39 is 0 Å². The molecule has 0 amide bonds. The van der Waals surface area contributed by atoms with E-state index in [4.69, 9.17) is 22.6 Å². The summed E-state index contributed by atoms with van der Waals surface area (Å²) in [6.45, 7) is 0. The molecule has 6 nitrogen and oxygen atoms in total. The first-order valence-electron chi connectivity index (χ1n) is 3.59. The first-order chi connectivity index (χ1) is 6.58. The summed E-state index contributed by atoms with van der Waals surface area (Å²) in [6, 6.07) is 0.